The standard InChI is InChI=1S/C15H21BrN2O/c1-10-7-12(9-13(16)8-10)15(19)18-6-4-3-5-14(18)11(2)17/h7-9,11,14H,3-6,17H2,1-2H3. The Balaban J connectivity index is 2.26. The van der Waals surface area contributed by atoms with Gasteiger partial charge in [0, 0.05) is 28.7 Å². The fourth-order valence-corrected chi connectivity index (χ4v) is 3.39. The largest absolute Gasteiger partial charge is 0.334 e. The van der Waals surface area contributed by atoms with E-state index in [4.69, 9.17) is 5.73 Å². The Hall–Kier alpha value is -0.870. The van der Waals surface area contributed by atoms with Crippen LogP contribution in [0.4, 0.5) is 0 Å². The molecule has 0 radical (unpaired) electrons. The first kappa shape index (κ1) is 14.5. The zero-order chi connectivity index (χ0) is 14.0. The number of aryl methyl sites for hydroxylation is 1. The van der Waals surface area contributed by atoms with Crippen LogP contribution in [0.3, 0.4) is 0 Å². The number of carbonyl (C=O) groups is 1. The van der Waals surface area contributed by atoms with Gasteiger partial charge in [0.2, 0.25) is 0 Å². The summed E-state index contributed by atoms with van der Waals surface area (Å²) in [5, 5.41) is 0. The van der Waals surface area contributed by atoms with Crippen molar-refractivity contribution in [2.75, 3.05) is 6.54 Å². The van der Waals surface area contributed by atoms with Crippen LogP contribution in [-0.2, 0) is 0 Å². The molecular weight excluding hydrogens is 304 g/mol. The number of hydrogen-bond donors (Lipinski definition) is 1. The second-order valence-corrected chi connectivity index (χ2v) is 6.35. The summed E-state index contributed by atoms with van der Waals surface area (Å²) in [4.78, 5) is 14.6. The highest BCUT2D eigenvalue weighted by atomic mass is 79.9. The van der Waals surface area contributed by atoms with Gasteiger partial charge in [0.05, 0.1) is 0 Å². The molecule has 0 aromatic heterocycles. The van der Waals surface area contributed by atoms with Crippen LogP contribution in [0, 0.1) is 6.92 Å². The van der Waals surface area contributed by atoms with E-state index in [2.05, 4.69) is 15.9 Å². The number of likely N-dealkylation sites (tertiary alicyclic amines) is 1. The fourth-order valence-electron chi connectivity index (χ4n) is 2.78. The predicted octanol–water partition coefficient (Wildman–Crippen LogP) is 3.10. The number of hydrogen-bond acceptors (Lipinski definition) is 2. The van der Waals surface area contributed by atoms with Gasteiger partial charge in [-0.05, 0) is 56.9 Å². The molecule has 2 rings (SSSR count). The van der Waals surface area contributed by atoms with Gasteiger partial charge in [0.25, 0.3) is 5.91 Å². The van der Waals surface area contributed by atoms with E-state index in [1.54, 1.807) is 0 Å². The quantitative estimate of drug-likeness (QED) is 0.908. The normalized spacial score (nSPS) is 21.3. The molecule has 19 heavy (non-hydrogen) atoms. The Kier molecular flexibility index (Phi) is 4.63. The third-order valence-corrected chi connectivity index (χ3v) is 4.16. The first-order valence-corrected chi connectivity index (χ1v) is 7.62. The number of nitrogens with two attached hydrogens (primary N) is 1. The third-order valence-electron chi connectivity index (χ3n) is 3.71. The maximum Gasteiger partial charge on any atom is 0.254 e. The maximum atomic E-state index is 12.7. The molecule has 0 bridgehead atoms. The molecule has 0 spiro atoms. The molecule has 1 aliphatic rings. The van der Waals surface area contributed by atoms with Crippen LogP contribution in [0.25, 0.3) is 0 Å². The molecule has 104 valence electrons. The second kappa shape index (κ2) is 6.06. The average Bonchev–Trinajstić information content (AvgIpc) is 2.36. The Morgan fingerprint density at radius 1 is 1.42 bits per heavy atom. The zero-order valence-corrected chi connectivity index (χ0v) is 13.1. The van der Waals surface area contributed by atoms with Crippen LogP contribution in [0.2, 0.25) is 0 Å². The Morgan fingerprint density at radius 2 is 2.16 bits per heavy atom. The molecule has 2 atom stereocenters. The number of amides is 1. The van der Waals surface area contributed by atoms with Gasteiger partial charge in [-0.2, -0.15) is 0 Å². The van der Waals surface area contributed by atoms with Crippen molar-refractivity contribution >= 4 is 21.8 Å². The van der Waals surface area contributed by atoms with Crippen molar-refractivity contribution in [3.63, 3.8) is 0 Å². The molecule has 1 heterocycles. The summed E-state index contributed by atoms with van der Waals surface area (Å²) in [5.41, 5.74) is 7.87. The van der Waals surface area contributed by atoms with E-state index in [0.29, 0.717) is 0 Å². The average molecular weight is 325 g/mol. The minimum absolute atomic E-state index is 0.0255. The number of piperidine rings is 1. The molecule has 4 heteroatoms. The summed E-state index contributed by atoms with van der Waals surface area (Å²) in [6.07, 6.45) is 3.24. The number of benzene rings is 1. The summed E-state index contributed by atoms with van der Waals surface area (Å²) in [7, 11) is 0. The summed E-state index contributed by atoms with van der Waals surface area (Å²) in [6, 6.07) is 6.04. The minimum Gasteiger partial charge on any atom is -0.334 e. The van der Waals surface area contributed by atoms with E-state index < -0.39 is 0 Å². The van der Waals surface area contributed by atoms with Gasteiger partial charge in [-0.3, -0.25) is 4.79 Å². The summed E-state index contributed by atoms with van der Waals surface area (Å²) in [5.74, 6) is 0.103. The molecule has 1 amide bonds. The number of nitrogens with zero attached hydrogens (tertiary/aromatic N) is 1. The van der Waals surface area contributed by atoms with Crippen LogP contribution >= 0.6 is 15.9 Å². The lowest BCUT2D eigenvalue weighted by Gasteiger charge is -2.38. The van der Waals surface area contributed by atoms with Crippen molar-refractivity contribution < 1.29 is 4.79 Å². The number of carbonyl (C=O) groups excluding carboxylic acids is 1. The molecule has 1 aliphatic heterocycles. The summed E-state index contributed by atoms with van der Waals surface area (Å²) >= 11 is 3.45. The topological polar surface area (TPSA) is 46.3 Å². The van der Waals surface area contributed by atoms with Crippen LogP contribution in [0.5, 0.6) is 0 Å². The molecular formula is C15H21BrN2O. The van der Waals surface area contributed by atoms with E-state index >= 15 is 0 Å². The summed E-state index contributed by atoms with van der Waals surface area (Å²) in [6.45, 7) is 4.81. The van der Waals surface area contributed by atoms with Crippen molar-refractivity contribution in [1.82, 2.24) is 4.90 Å². The smallest absolute Gasteiger partial charge is 0.254 e. The molecule has 2 unspecified atom stereocenters. The first-order chi connectivity index (χ1) is 8.99. The molecule has 1 aromatic carbocycles. The van der Waals surface area contributed by atoms with E-state index in [0.717, 1.165) is 41.4 Å². The van der Waals surface area contributed by atoms with Crippen molar-refractivity contribution in [3.05, 3.63) is 33.8 Å². The van der Waals surface area contributed by atoms with E-state index in [9.17, 15) is 4.79 Å². The summed E-state index contributed by atoms with van der Waals surface area (Å²) < 4.78 is 0.949. The van der Waals surface area contributed by atoms with Gasteiger partial charge in [0.1, 0.15) is 0 Å². The Morgan fingerprint density at radius 3 is 2.79 bits per heavy atom. The van der Waals surface area contributed by atoms with Gasteiger partial charge < -0.3 is 10.6 Å². The Bertz CT molecular complexity index is 453. The molecule has 1 aromatic rings. The maximum absolute atomic E-state index is 12.7. The first-order valence-electron chi connectivity index (χ1n) is 6.83. The van der Waals surface area contributed by atoms with Gasteiger partial charge in [-0.15, -0.1) is 0 Å². The van der Waals surface area contributed by atoms with Gasteiger partial charge >= 0.3 is 0 Å². The monoisotopic (exact) mass is 324 g/mol. The van der Waals surface area contributed by atoms with E-state index in [1.165, 1.54) is 0 Å². The third kappa shape index (κ3) is 3.37. The number of rotatable bonds is 2. The molecule has 3 nitrogen and oxygen atoms in total. The molecule has 1 saturated heterocycles. The number of halogens is 1. The highest BCUT2D eigenvalue weighted by molar-refractivity contribution is 9.10. The van der Waals surface area contributed by atoms with Gasteiger partial charge in [-0.25, -0.2) is 0 Å². The van der Waals surface area contributed by atoms with E-state index in [1.807, 2.05) is 36.9 Å². The molecule has 1 fully saturated rings. The fraction of sp³-hybridized carbons (Fsp3) is 0.533. The highest BCUT2D eigenvalue weighted by Gasteiger charge is 2.29. The molecule has 2 N–H and O–H groups in total. The Labute approximate surface area is 123 Å². The SMILES string of the molecule is Cc1cc(Br)cc(C(=O)N2CCCCC2C(C)N)c1. The van der Waals surface area contributed by atoms with Crippen LogP contribution in [0.1, 0.15) is 42.1 Å². The van der Waals surface area contributed by atoms with Crippen LogP contribution < -0.4 is 5.73 Å². The van der Waals surface area contributed by atoms with E-state index in [-0.39, 0.29) is 18.0 Å². The zero-order valence-electron chi connectivity index (χ0n) is 11.5. The van der Waals surface area contributed by atoms with Crippen molar-refractivity contribution in [2.45, 2.75) is 45.2 Å². The second-order valence-electron chi connectivity index (χ2n) is 5.44. The molecule has 0 aliphatic carbocycles. The lowest BCUT2D eigenvalue weighted by molar-refractivity contribution is 0.0583. The predicted molar refractivity (Wildman–Crippen MR) is 81.2 cm³/mol. The van der Waals surface area contributed by atoms with Gasteiger partial charge in [-0.1, -0.05) is 15.9 Å². The van der Waals surface area contributed by atoms with Crippen LogP contribution in [-0.4, -0.2) is 29.4 Å². The lowest BCUT2D eigenvalue weighted by Crippen LogP contribution is -2.51. The van der Waals surface area contributed by atoms with Crippen molar-refractivity contribution in [1.29, 1.82) is 0 Å². The minimum atomic E-state index is 0.0255. The lowest BCUT2D eigenvalue weighted by atomic mass is 9.96. The van der Waals surface area contributed by atoms with Crippen molar-refractivity contribution in [2.24, 2.45) is 5.73 Å². The van der Waals surface area contributed by atoms with Gasteiger partial charge in [0.15, 0.2) is 0 Å². The highest BCUT2D eigenvalue weighted by Crippen LogP contribution is 2.23. The van der Waals surface area contributed by atoms with Crippen molar-refractivity contribution in [3.8, 4) is 0 Å². The molecule has 0 saturated carbocycles. The van der Waals surface area contributed by atoms with Crippen LogP contribution in [0.15, 0.2) is 22.7 Å².